The number of carbonyl (C=O) groups excluding carboxylic acids is 2. The van der Waals surface area contributed by atoms with E-state index in [1.807, 2.05) is 30.3 Å². The first kappa shape index (κ1) is 17.9. The van der Waals surface area contributed by atoms with Crippen molar-refractivity contribution in [2.45, 2.75) is 12.6 Å². The highest BCUT2D eigenvalue weighted by atomic mass is 16.7. The van der Waals surface area contributed by atoms with Crippen LogP contribution >= 0.6 is 0 Å². The minimum absolute atomic E-state index is 0.0143. The molecule has 0 unspecified atom stereocenters. The van der Waals surface area contributed by atoms with Crippen LogP contribution in [-0.4, -0.2) is 57.7 Å². The van der Waals surface area contributed by atoms with E-state index in [1.165, 1.54) is 21.3 Å². The van der Waals surface area contributed by atoms with Gasteiger partial charge in [-0.15, -0.1) is 0 Å². The van der Waals surface area contributed by atoms with Crippen molar-refractivity contribution < 1.29 is 28.5 Å². The summed E-state index contributed by atoms with van der Waals surface area (Å²) in [5.74, 6) is -0.588. The molecule has 7 heteroatoms. The molecule has 0 fully saturated rings. The number of amides is 1. The van der Waals surface area contributed by atoms with Gasteiger partial charge >= 0.3 is 12.1 Å². The molecule has 1 aromatic rings. The zero-order valence-electron chi connectivity index (χ0n) is 13.0. The average molecular weight is 311 g/mol. The summed E-state index contributed by atoms with van der Waals surface area (Å²) in [6, 6.07) is 8.35. The number of nitrogens with zero attached hydrogens (tertiary/aromatic N) is 1. The molecule has 0 heterocycles. The van der Waals surface area contributed by atoms with Gasteiger partial charge in [0.25, 0.3) is 0 Å². The first-order valence-electron chi connectivity index (χ1n) is 6.68. The van der Waals surface area contributed by atoms with E-state index < -0.39 is 18.1 Å². The van der Waals surface area contributed by atoms with E-state index in [9.17, 15) is 9.59 Å². The molecule has 0 aromatic heterocycles. The second-order valence-electron chi connectivity index (χ2n) is 4.47. The van der Waals surface area contributed by atoms with Gasteiger partial charge in [-0.2, -0.15) is 0 Å². The van der Waals surface area contributed by atoms with Crippen molar-refractivity contribution in [3.63, 3.8) is 0 Å². The Morgan fingerprint density at radius 3 is 2.45 bits per heavy atom. The van der Waals surface area contributed by atoms with Gasteiger partial charge in [0, 0.05) is 14.2 Å². The van der Waals surface area contributed by atoms with Crippen LogP contribution in [0.25, 0.3) is 0 Å². The molecule has 0 bridgehead atoms. The maximum atomic E-state index is 12.0. The average Bonchev–Trinajstić information content (AvgIpc) is 2.56. The van der Waals surface area contributed by atoms with E-state index in [1.54, 1.807) is 0 Å². The van der Waals surface area contributed by atoms with Crippen molar-refractivity contribution in [1.29, 1.82) is 0 Å². The standard InChI is InChI=1S/C15H21NO6/c1-16(13(14(17)20-3)10-21-11-19-2)15(18)22-9-12-7-5-4-6-8-12/h4-8,13H,9-11H2,1-3H3/t13-/m0/s1. The SMILES string of the molecule is COCOC[C@@H](C(=O)OC)N(C)C(=O)OCc1ccccc1. The van der Waals surface area contributed by atoms with Crippen LogP contribution in [0.2, 0.25) is 0 Å². The van der Waals surface area contributed by atoms with Gasteiger partial charge in [0.15, 0.2) is 6.04 Å². The summed E-state index contributed by atoms with van der Waals surface area (Å²) < 4.78 is 19.7. The van der Waals surface area contributed by atoms with Crippen LogP contribution in [0.4, 0.5) is 4.79 Å². The Kier molecular flexibility index (Phi) is 7.95. The van der Waals surface area contributed by atoms with Gasteiger partial charge in [0.1, 0.15) is 13.4 Å². The fourth-order valence-corrected chi connectivity index (χ4v) is 1.67. The second-order valence-corrected chi connectivity index (χ2v) is 4.47. The summed E-state index contributed by atoms with van der Waals surface area (Å²) in [7, 11) is 4.16. The largest absolute Gasteiger partial charge is 0.467 e. The smallest absolute Gasteiger partial charge is 0.410 e. The molecular formula is C15H21NO6. The predicted octanol–water partition coefficient (Wildman–Crippen LogP) is 1.42. The van der Waals surface area contributed by atoms with Crippen LogP contribution in [0, 0.1) is 0 Å². The Morgan fingerprint density at radius 1 is 1.18 bits per heavy atom. The highest BCUT2D eigenvalue weighted by molar-refractivity contribution is 5.81. The summed E-state index contributed by atoms with van der Waals surface area (Å²) in [4.78, 5) is 24.9. The van der Waals surface area contributed by atoms with E-state index in [0.29, 0.717) is 0 Å². The molecule has 0 radical (unpaired) electrons. The van der Waals surface area contributed by atoms with Gasteiger partial charge in [-0.25, -0.2) is 9.59 Å². The van der Waals surface area contributed by atoms with Crippen LogP contribution in [0.3, 0.4) is 0 Å². The normalized spacial score (nSPS) is 11.6. The number of likely N-dealkylation sites (N-methyl/N-ethyl adjacent to an activating group) is 1. The number of methoxy groups -OCH3 is 2. The molecule has 122 valence electrons. The number of carbonyl (C=O) groups is 2. The van der Waals surface area contributed by atoms with E-state index in [-0.39, 0.29) is 20.0 Å². The van der Waals surface area contributed by atoms with Crippen molar-refractivity contribution in [2.75, 3.05) is 34.7 Å². The van der Waals surface area contributed by atoms with Gasteiger partial charge in [-0.1, -0.05) is 30.3 Å². The zero-order chi connectivity index (χ0) is 16.4. The molecule has 0 spiro atoms. The Hall–Kier alpha value is -2.12. The number of benzene rings is 1. The minimum atomic E-state index is -0.900. The number of hydrogen-bond donors (Lipinski definition) is 0. The van der Waals surface area contributed by atoms with Gasteiger partial charge in [0.05, 0.1) is 13.7 Å². The monoisotopic (exact) mass is 311 g/mol. The lowest BCUT2D eigenvalue weighted by molar-refractivity contribution is -0.150. The Morgan fingerprint density at radius 2 is 1.86 bits per heavy atom. The van der Waals surface area contributed by atoms with Crippen LogP contribution < -0.4 is 0 Å². The molecule has 1 amide bonds. The molecule has 0 aliphatic heterocycles. The number of rotatable bonds is 8. The summed E-state index contributed by atoms with van der Waals surface area (Å²) in [5, 5.41) is 0. The van der Waals surface area contributed by atoms with Crippen molar-refractivity contribution in [1.82, 2.24) is 4.90 Å². The van der Waals surface area contributed by atoms with Gasteiger partial charge in [-0.05, 0) is 5.56 Å². The molecule has 1 rings (SSSR count). The first-order chi connectivity index (χ1) is 10.6. The maximum Gasteiger partial charge on any atom is 0.410 e. The molecule has 0 aliphatic rings. The van der Waals surface area contributed by atoms with Crippen LogP contribution in [0.1, 0.15) is 5.56 Å². The van der Waals surface area contributed by atoms with Crippen LogP contribution in [0.15, 0.2) is 30.3 Å². The molecule has 0 saturated carbocycles. The van der Waals surface area contributed by atoms with Crippen molar-refractivity contribution in [2.24, 2.45) is 0 Å². The Balaban J connectivity index is 2.57. The van der Waals surface area contributed by atoms with E-state index in [4.69, 9.17) is 14.2 Å². The van der Waals surface area contributed by atoms with E-state index in [0.717, 1.165) is 10.5 Å². The van der Waals surface area contributed by atoms with Gasteiger partial charge < -0.3 is 18.9 Å². The molecule has 0 aliphatic carbocycles. The molecule has 1 atom stereocenters. The van der Waals surface area contributed by atoms with Crippen LogP contribution in [0.5, 0.6) is 0 Å². The molecule has 0 saturated heterocycles. The third-order valence-electron chi connectivity index (χ3n) is 2.91. The second kappa shape index (κ2) is 9.75. The third-order valence-corrected chi connectivity index (χ3v) is 2.91. The topological polar surface area (TPSA) is 74.3 Å². The minimum Gasteiger partial charge on any atom is -0.467 e. The zero-order valence-corrected chi connectivity index (χ0v) is 13.0. The van der Waals surface area contributed by atoms with Gasteiger partial charge in [-0.3, -0.25) is 4.90 Å². The lowest BCUT2D eigenvalue weighted by Crippen LogP contribution is -2.46. The molecular weight excluding hydrogens is 290 g/mol. The highest BCUT2D eigenvalue weighted by Gasteiger charge is 2.29. The van der Waals surface area contributed by atoms with Crippen molar-refractivity contribution >= 4 is 12.1 Å². The van der Waals surface area contributed by atoms with Gasteiger partial charge in [0.2, 0.25) is 0 Å². The number of ether oxygens (including phenoxy) is 4. The third kappa shape index (κ3) is 5.71. The molecule has 0 N–H and O–H groups in total. The highest BCUT2D eigenvalue weighted by Crippen LogP contribution is 2.06. The fourth-order valence-electron chi connectivity index (χ4n) is 1.67. The number of hydrogen-bond acceptors (Lipinski definition) is 6. The summed E-state index contributed by atoms with van der Waals surface area (Å²) >= 11 is 0. The maximum absolute atomic E-state index is 12.0. The van der Waals surface area contributed by atoms with E-state index >= 15 is 0 Å². The molecule has 1 aromatic carbocycles. The summed E-state index contributed by atoms with van der Waals surface area (Å²) in [5.41, 5.74) is 0.856. The summed E-state index contributed by atoms with van der Waals surface area (Å²) in [6.45, 7) is 0.0919. The fraction of sp³-hybridized carbons (Fsp3) is 0.467. The van der Waals surface area contributed by atoms with E-state index in [2.05, 4.69) is 4.74 Å². The number of esters is 1. The lowest BCUT2D eigenvalue weighted by atomic mass is 10.2. The lowest BCUT2D eigenvalue weighted by Gasteiger charge is -2.25. The Labute approximate surface area is 129 Å². The van der Waals surface area contributed by atoms with Crippen molar-refractivity contribution in [3.8, 4) is 0 Å². The molecule has 22 heavy (non-hydrogen) atoms. The Bertz CT molecular complexity index is 464. The quantitative estimate of drug-likeness (QED) is 0.411. The van der Waals surface area contributed by atoms with Crippen molar-refractivity contribution in [3.05, 3.63) is 35.9 Å². The first-order valence-corrected chi connectivity index (χ1v) is 6.68. The predicted molar refractivity (Wildman–Crippen MR) is 78.0 cm³/mol. The molecule has 7 nitrogen and oxygen atoms in total. The van der Waals surface area contributed by atoms with Crippen LogP contribution in [-0.2, 0) is 30.3 Å². The summed E-state index contributed by atoms with van der Waals surface area (Å²) in [6.07, 6.45) is -0.639.